The van der Waals surface area contributed by atoms with Gasteiger partial charge in [0.05, 0.1) is 19.3 Å². The van der Waals surface area contributed by atoms with Crippen molar-refractivity contribution in [3.8, 4) is 0 Å². The van der Waals surface area contributed by atoms with Crippen LogP contribution in [0.25, 0.3) is 0 Å². The van der Waals surface area contributed by atoms with E-state index in [1.54, 1.807) is 13.0 Å². The van der Waals surface area contributed by atoms with Crippen LogP contribution in [0.4, 0.5) is 6.01 Å². The fourth-order valence-electron chi connectivity index (χ4n) is 1.15. The normalized spacial score (nSPS) is 10.2. The van der Waals surface area contributed by atoms with Crippen LogP contribution in [0.2, 0.25) is 0 Å². The lowest BCUT2D eigenvalue weighted by molar-refractivity contribution is 0.0519. The molecule has 17 heavy (non-hydrogen) atoms. The highest BCUT2D eigenvalue weighted by Crippen LogP contribution is 2.10. The Kier molecular flexibility index (Phi) is 3.39. The van der Waals surface area contributed by atoms with Crippen molar-refractivity contribution in [1.29, 1.82) is 0 Å². The van der Waals surface area contributed by atoms with Gasteiger partial charge in [-0.2, -0.15) is 4.98 Å². The number of oxazole rings is 1. The summed E-state index contributed by atoms with van der Waals surface area (Å²) in [6, 6.07) is 1.94. The molecule has 0 aliphatic carbocycles. The summed E-state index contributed by atoms with van der Waals surface area (Å²) in [4.78, 5) is 15.2. The highest BCUT2D eigenvalue weighted by atomic mass is 16.5. The average Bonchev–Trinajstić information content (AvgIpc) is 2.98. The van der Waals surface area contributed by atoms with Crippen LogP contribution < -0.4 is 5.32 Å². The molecule has 1 N–H and O–H groups in total. The van der Waals surface area contributed by atoms with Gasteiger partial charge in [0, 0.05) is 6.07 Å². The van der Waals surface area contributed by atoms with Crippen molar-refractivity contribution in [1.82, 2.24) is 10.1 Å². The van der Waals surface area contributed by atoms with Crippen molar-refractivity contribution in [2.75, 3.05) is 11.9 Å². The summed E-state index contributed by atoms with van der Waals surface area (Å²) >= 11 is 0. The first kappa shape index (κ1) is 11.2. The molecule has 0 aliphatic rings. The number of hydrogen-bond acceptors (Lipinski definition) is 7. The maximum atomic E-state index is 11.3. The fraction of sp³-hybridized carbons (Fsp3) is 0.300. The second-order valence-electron chi connectivity index (χ2n) is 3.09. The number of carbonyl (C=O) groups is 1. The summed E-state index contributed by atoms with van der Waals surface area (Å²) in [6.07, 6.45) is 2.78. The van der Waals surface area contributed by atoms with E-state index in [0.29, 0.717) is 18.9 Å². The van der Waals surface area contributed by atoms with E-state index in [9.17, 15) is 4.79 Å². The van der Waals surface area contributed by atoms with Gasteiger partial charge in [0.15, 0.2) is 11.5 Å². The van der Waals surface area contributed by atoms with Gasteiger partial charge in [-0.25, -0.2) is 4.79 Å². The number of ether oxygens (including phenoxy) is 1. The number of esters is 1. The van der Waals surface area contributed by atoms with Gasteiger partial charge in [0.1, 0.15) is 6.26 Å². The van der Waals surface area contributed by atoms with Gasteiger partial charge < -0.3 is 19.0 Å². The largest absolute Gasteiger partial charge is 0.461 e. The molecule has 0 spiro atoms. The summed E-state index contributed by atoms with van der Waals surface area (Å²) in [5.74, 6) is 0.129. The molecule has 7 heteroatoms. The van der Waals surface area contributed by atoms with Crippen molar-refractivity contribution in [3.05, 3.63) is 30.0 Å². The highest BCUT2D eigenvalue weighted by Gasteiger charge is 2.12. The summed E-state index contributed by atoms with van der Waals surface area (Å²) in [6.45, 7) is 2.40. The predicted octanol–water partition coefficient (Wildman–Crippen LogP) is 1.45. The van der Waals surface area contributed by atoms with Crippen LogP contribution in [0.1, 0.15) is 23.2 Å². The lowest BCUT2D eigenvalue weighted by Gasteiger charge is -1.96. The van der Waals surface area contributed by atoms with Gasteiger partial charge in [-0.05, 0) is 6.92 Å². The van der Waals surface area contributed by atoms with Crippen LogP contribution >= 0.6 is 0 Å². The maximum absolute atomic E-state index is 11.3. The first-order valence-electron chi connectivity index (χ1n) is 5.05. The summed E-state index contributed by atoms with van der Waals surface area (Å²) in [5, 5.41) is 6.40. The Balaban J connectivity index is 1.92. The molecule has 0 aliphatic heterocycles. The Morgan fingerprint density at radius 2 is 2.47 bits per heavy atom. The lowest BCUT2D eigenvalue weighted by Crippen LogP contribution is -2.05. The lowest BCUT2D eigenvalue weighted by atomic mass is 10.4. The van der Waals surface area contributed by atoms with Crippen molar-refractivity contribution >= 4 is 12.0 Å². The van der Waals surface area contributed by atoms with Crippen LogP contribution in [0.15, 0.2) is 27.5 Å². The summed E-state index contributed by atoms with van der Waals surface area (Å²) in [5.41, 5.74) is 0.131. The zero-order valence-corrected chi connectivity index (χ0v) is 9.17. The third kappa shape index (κ3) is 2.83. The third-order valence-electron chi connectivity index (χ3n) is 1.89. The van der Waals surface area contributed by atoms with Gasteiger partial charge >= 0.3 is 5.97 Å². The minimum absolute atomic E-state index is 0.131. The van der Waals surface area contributed by atoms with E-state index in [2.05, 4.69) is 15.5 Å². The van der Waals surface area contributed by atoms with Gasteiger partial charge in [-0.3, -0.25) is 0 Å². The Morgan fingerprint density at radius 1 is 1.59 bits per heavy atom. The van der Waals surface area contributed by atoms with Crippen molar-refractivity contribution in [3.63, 3.8) is 0 Å². The number of nitrogens with one attached hydrogen (secondary N) is 1. The Morgan fingerprint density at radius 3 is 3.18 bits per heavy atom. The van der Waals surface area contributed by atoms with E-state index >= 15 is 0 Å². The molecule has 2 heterocycles. The third-order valence-corrected chi connectivity index (χ3v) is 1.89. The molecule has 0 saturated heterocycles. The molecule has 0 unspecified atom stereocenters. The molecule has 2 aromatic heterocycles. The zero-order valence-electron chi connectivity index (χ0n) is 9.17. The molecule has 0 radical (unpaired) electrons. The molecule has 0 bridgehead atoms. The molecular formula is C10H11N3O4. The fourth-order valence-corrected chi connectivity index (χ4v) is 1.15. The zero-order chi connectivity index (χ0) is 12.1. The molecule has 0 amide bonds. The van der Waals surface area contributed by atoms with Crippen LogP contribution in [-0.2, 0) is 11.3 Å². The Labute approximate surface area is 96.8 Å². The second-order valence-corrected chi connectivity index (χ2v) is 3.09. The maximum Gasteiger partial charge on any atom is 0.360 e. The van der Waals surface area contributed by atoms with Crippen LogP contribution in [-0.4, -0.2) is 22.7 Å². The summed E-state index contributed by atoms with van der Waals surface area (Å²) < 4.78 is 14.7. The SMILES string of the molecule is CCOC(=O)c1coc(NCc2ccno2)n1. The molecule has 0 saturated carbocycles. The van der Waals surface area contributed by atoms with Crippen LogP contribution in [0.3, 0.4) is 0 Å². The van der Waals surface area contributed by atoms with E-state index < -0.39 is 5.97 Å². The van der Waals surface area contributed by atoms with E-state index in [1.807, 2.05) is 0 Å². The number of rotatable bonds is 5. The van der Waals surface area contributed by atoms with Crippen molar-refractivity contribution in [2.45, 2.75) is 13.5 Å². The number of carbonyl (C=O) groups excluding carboxylic acids is 1. The average molecular weight is 237 g/mol. The van der Waals surface area contributed by atoms with E-state index in [-0.39, 0.29) is 11.7 Å². The Bertz CT molecular complexity index is 477. The molecule has 90 valence electrons. The molecule has 0 atom stereocenters. The molecule has 7 nitrogen and oxygen atoms in total. The van der Waals surface area contributed by atoms with Crippen molar-refractivity contribution < 1.29 is 18.5 Å². The van der Waals surface area contributed by atoms with Crippen LogP contribution in [0.5, 0.6) is 0 Å². The number of nitrogens with zero attached hydrogens (tertiary/aromatic N) is 2. The number of hydrogen-bond donors (Lipinski definition) is 1. The summed E-state index contributed by atoms with van der Waals surface area (Å²) in [7, 11) is 0. The predicted molar refractivity (Wildman–Crippen MR) is 56.3 cm³/mol. The van der Waals surface area contributed by atoms with E-state index in [1.165, 1.54) is 12.5 Å². The van der Waals surface area contributed by atoms with Crippen molar-refractivity contribution in [2.24, 2.45) is 0 Å². The molecule has 2 aromatic rings. The topological polar surface area (TPSA) is 90.4 Å². The minimum atomic E-state index is -0.510. The minimum Gasteiger partial charge on any atom is -0.461 e. The highest BCUT2D eigenvalue weighted by molar-refractivity contribution is 5.87. The quantitative estimate of drug-likeness (QED) is 0.787. The van der Waals surface area contributed by atoms with Gasteiger partial charge in [0.2, 0.25) is 0 Å². The van der Waals surface area contributed by atoms with Gasteiger partial charge in [-0.15, -0.1) is 0 Å². The first-order valence-corrected chi connectivity index (χ1v) is 5.05. The smallest absolute Gasteiger partial charge is 0.360 e. The second kappa shape index (κ2) is 5.15. The molecule has 2 rings (SSSR count). The Hall–Kier alpha value is -2.31. The number of anilines is 1. The van der Waals surface area contributed by atoms with Gasteiger partial charge in [-0.1, -0.05) is 5.16 Å². The van der Waals surface area contributed by atoms with Crippen LogP contribution in [0, 0.1) is 0 Å². The van der Waals surface area contributed by atoms with E-state index in [4.69, 9.17) is 13.7 Å². The van der Waals surface area contributed by atoms with E-state index in [0.717, 1.165) is 0 Å². The monoisotopic (exact) mass is 237 g/mol. The molecular weight excluding hydrogens is 226 g/mol. The molecule has 0 aromatic carbocycles. The van der Waals surface area contributed by atoms with Gasteiger partial charge in [0.25, 0.3) is 6.01 Å². The molecule has 0 fully saturated rings. The first-order chi connectivity index (χ1) is 8.29. The standard InChI is InChI=1S/C10H11N3O4/c1-2-15-9(14)8-6-16-10(13-8)11-5-7-3-4-12-17-7/h3-4,6H,2,5H2,1H3,(H,11,13). The number of aromatic nitrogens is 2.